The Morgan fingerprint density at radius 1 is 1.32 bits per heavy atom. The van der Waals surface area contributed by atoms with E-state index in [2.05, 4.69) is 5.10 Å². The van der Waals surface area contributed by atoms with E-state index >= 15 is 0 Å². The van der Waals surface area contributed by atoms with Crippen LogP contribution < -0.4 is 0 Å². The zero-order valence-electron chi connectivity index (χ0n) is 17.6. The number of benzene rings is 1. The van der Waals surface area contributed by atoms with Crippen LogP contribution in [-0.4, -0.2) is 38.6 Å². The second kappa shape index (κ2) is 7.89. The van der Waals surface area contributed by atoms with Gasteiger partial charge in [-0.25, -0.2) is 0 Å². The molecule has 1 aromatic rings. The average molecular weight is 441 g/mol. The molecule has 31 heavy (non-hydrogen) atoms. The number of rotatable bonds is 5. The smallest absolute Gasteiger partial charge is 0.362 e. The fourth-order valence-corrected chi connectivity index (χ4v) is 4.45. The van der Waals surface area contributed by atoms with Crippen LogP contribution in [0.25, 0.3) is 0 Å². The van der Waals surface area contributed by atoms with Gasteiger partial charge in [0, 0.05) is 17.8 Å². The molecule has 2 aliphatic rings. The molecule has 1 saturated carbocycles. The summed E-state index contributed by atoms with van der Waals surface area (Å²) in [5.41, 5.74) is -3.31. The number of carbonyl (C=O) groups is 1. The van der Waals surface area contributed by atoms with Crippen LogP contribution in [0.15, 0.2) is 29.4 Å². The Balaban J connectivity index is 1.88. The molecule has 0 bridgehead atoms. The fourth-order valence-electron chi connectivity index (χ4n) is 4.45. The third kappa shape index (κ3) is 4.05. The molecular formula is C21H26F3N3O4. The molecule has 1 heterocycles. The van der Waals surface area contributed by atoms with E-state index in [9.17, 15) is 33.2 Å². The lowest BCUT2D eigenvalue weighted by molar-refractivity contribution is -0.384. The third-order valence-corrected chi connectivity index (χ3v) is 6.88. The maximum Gasteiger partial charge on any atom is 0.439 e. The molecule has 170 valence electrons. The van der Waals surface area contributed by atoms with Gasteiger partial charge in [0.15, 0.2) is 0 Å². The van der Waals surface area contributed by atoms with Crippen LogP contribution in [0.4, 0.5) is 18.9 Å². The maximum absolute atomic E-state index is 14.1. The lowest BCUT2D eigenvalue weighted by Crippen LogP contribution is -2.62. The Bertz CT molecular complexity index is 898. The molecule has 3 rings (SSSR count). The van der Waals surface area contributed by atoms with Crippen LogP contribution in [0.1, 0.15) is 52.0 Å². The van der Waals surface area contributed by atoms with Crippen molar-refractivity contribution in [1.29, 1.82) is 0 Å². The number of hydrogen-bond donors (Lipinski definition) is 1. The number of aliphatic hydroxyl groups is 1. The number of hydrazone groups is 1. The number of nitro groups is 1. The van der Waals surface area contributed by atoms with Crippen molar-refractivity contribution in [2.75, 3.05) is 0 Å². The summed E-state index contributed by atoms with van der Waals surface area (Å²) < 4.78 is 42.4. The van der Waals surface area contributed by atoms with Crippen molar-refractivity contribution in [3.63, 3.8) is 0 Å². The highest BCUT2D eigenvalue weighted by Crippen LogP contribution is 2.52. The number of fused-ring (bicyclic) bond motifs is 1. The summed E-state index contributed by atoms with van der Waals surface area (Å²) in [6.07, 6.45) is -3.75. The number of carbonyl (C=O) groups excluding carboxylic acids is 1. The van der Waals surface area contributed by atoms with Crippen molar-refractivity contribution in [3.8, 4) is 0 Å². The molecule has 1 amide bonds. The Morgan fingerprint density at radius 3 is 2.45 bits per heavy atom. The second-order valence-corrected chi connectivity index (χ2v) is 8.99. The molecule has 0 saturated heterocycles. The number of amides is 1. The number of nitro benzene ring substituents is 1. The zero-order valence-corrected chi connectivity index (χ0v) is 17.6. The summed E-state index contributed by atoms with van der Waals surface area (Å²) >= 11 is 0. The first-order valence-corrected chi connectivity index (χ1v) is 10.2. The number of halogens is 3. The minimum atomic E-state index is -5.09. The lowest BCUT2D eigenvalue weighted by atomic mass is 9.64. The number of non-ortho nitro benzene ring substituents is 1. The molecular weight excluding hydrogens is 415 g/mol. The van der Waals surface area contributed by atoms with E-state index in [4.69, 9.17) is 0 Å². The summed E-state index contributed by atoms with van der Waals surface area (Å²) in [4.78, 5) is 22.9. The molecule has 1 fully saturated rings. The molecule has 1 aromatic carbocycles. The minimum absolute atomic E-state index is 0.0416. The molecule has 1 N–H and O–H groups in total. The van der Waals surface area contributed by atoms with E-state index in [-0.39, 0.29) is 34.2 Å². The molecule has 0 spiro atoms. The number of alkyl halides is 3. The van der Waals surface area contributed by atoms with Crippen molar-refractivity contribution in [2.24, 2.45) is 22.4 Å². The highest BCUT2D eigenvalue weighted by molar-refractivity contribution is 5.93. The quantitative estimate of drug-likeness (QED) is 0.540. The van der Waals surface area contributed by atoms with Gasteiger partial charge in [0.2, 0.25) is 5.91 Å². The summed E-state index contributed by atoms with van der Waals surface area (Å²) in [5.74, 6) is -2.36. The van der Waals surface area contributed by atoms with Crippen LogP contribution >= 0.6 is 0 Å². The summed E-state index contributed by atoms with van der Waals surface area (Å²) in [6.45, 7) is 5.98. The van der Waals surface area contributed by atoms with Crippen molar-refractivity contribution in [1.82, 2.24) is 5.01 Å². The lowest BCUT2D eigenvalue weighted by Gasteiger charge is -2.43. The van der Waals surface area contributed by atoms with E-state index < -0.39 is 35.1 Å². The van der Waals surface area contributed by atoms with Gasteiger partial charge in [-0.3, -0.25) is 14.9 Å². The van der Waals surface area contributed by atoms with Crippen LogP contribution in [-0.2, 0) is 11.2 Å². The average Bonchev–Trinajstić information content (AvgIpc) is 3.02. The van der Waals surface area contributed by atoms with Crippen molar-refractivity contribution >= 4 is 17.3 Å². The Kier molecular flexibility index (Phi) is 5.90. The monoisotopic (exact) mass is 441 g/mol. The van der Waals surface area contributed by atoms with Gasteiger partial charge in [-0.15, -0.1) is 0 Å². The largest absolute Gasteiger partial charge is 0.439 e. The maximum atomic E-state index is 14.1. The summed E-state index contributed by atoms with van der Waals surface area (Å²) in [5, 5.41) is 25.8. The van der Waals surface area contributed by atoms with Gasteiger partial charge in [-0.1, -0.05) is 39.3 Å². The van der Waals surface area contributed by atoms with Crippen LogP contribution in [0.5, 0.6) is 0 Å². The fraction of sp³-hybridized carbons (Fsp3) is 0.619. The van der Waals surface area contributed by atoms with E-state index in [1.807, 2.05) is 20.8 Å². The molecule has 7 nitrogen and oxygen atoms in total. The molecule has 3 atom stereocenters. The number of hydrogen-bond acceptors (Lipinski definition) is 5. The third-order valence-electron chi connectivity index (χ3n) is 6.88. The van der Waals surface area contributed by atoms with Crippen LogP contribution in [0.2, 0.25) is 0 Å². The Labute approximate surface area is 178 Å². The first-order chi connectivity index (χ1) is 14.3. The van der Waals surface area contributed by atoms with Gasteiger partial charge in [0.05, 0.1) is 17.3 Å². The van der Waals surface area contributed by atoms with E-state index in [0.717, 1.165) is 6.42 Å². The molecule has 1 aliphatic heterocycles. The number of nitrogens with zero attached hydrogens (tertiary/aromatic N) is 3. The Morgan fingerprint density at radius 2 is 1.94 bits per heavy atom. The first-order valence-electron chi connectivity index (χ1n) is 10.2. The zero-order chi connectivity index (χ0) is 23.2. The van der Waals surface area contributed by atoms with Crippen LogP contribution in [0.3, 0.4) is 0 Å². The van der Waals surface area contributed by atoms with E-state index in [0.29, 0.717) is 18.4 Å². The van der Waals surface area contributed by atoms with Gasteiger partial charge in [-0.05, 0) is 36.2 Å². The van der Waals surface area contributed by atoms with Gasteiger partial charge in [0.25, 0.3) is 11.4 Å². The van der Waals surface area contributed by atoms with Gasteiger partial charge in [-0.2, -0.15) is 23.3 Å². The molecule has 0 aromatic heterocycles. The van der Waals surface area contributed by atoms with Gasteiger partial charge >= 0.3 is 6.18 Å². The van der Waals surface area contributed by atoms with Gasteiger partial charge in [0.1, 0.15) is 0 Å². The Hall–Kier alpha value is -2.49. The SMILES string of the molecule is CCC(C)(C)[C@@H]1CCC2=NN(C(=O)Cc3ccc([N+](=O)[O-])cc3)[C@](O)(C(F)(F)F)[C@@H]2C1. The molecule has 0 unspecified atom stereocenters. The predicted octanol–water partition coefficient (Wildman–Crippen LogP) is 4.44. The van der Waals surface area contributed by atoms with Crippen LogP contribution in [0, 0.1) is 27.4 Å². The topological polar surface area (TPSA) is 96.0 Å². The van der Waals surface area contributed by atoms with Crippen molar-refractivity contribution in [2.45, 2.75) is 64.8 Å². The minimum Gasteiger partial charge on any atom is -0.362 e. The summed E-state index contributed by atoms with van der Waals surface area (Å²) in [6, 6.07) is 4.95. The predicted molar refractivity (Wildman–Crippen MR) is 107 cm³/mol. The standard InChI is InChI=1S/C21H26F3N3O4/c1-4-19(2,3)14-7-10-17-16(12-14)20(29,21(22,23)24)26(25-17)18(28)11-13-5-8-15(9-6-13)27(30)31/h5-6,8-9,14,16,29H,4,7,10-12H2,1-3H3/t14-,16-,20-/m1/s1. The van der Waals surface area contributed by atoms with Gasteiger partial charge < -0.3 is 5.11 Å². The van der Waals surface area contributed by atoms with E-state index in [1.165, 1.54) is 24.3 Å². The summed E-state index contributed by atoms with van der Waals surface area (Å²) in [7, 11) is 0. The molecule has 0 radical (unpaired) electrons. The highest BCUT2D eigenvalue weighted by atomic mass is 19.4. The highest BCUT2D eigenvalue weighted by Gasteiger charge is 2.69. The molecule has 1 aliphatic carbocycles. The van der Waals surface area contributed by atoms with Crippen molar-refractivity contribution in [3.05, 3.63) is 39.9 Å². The molecule has 10 heteroatoms. The van der Waals surface area contributed by atoms with E-state index in [1.54, 1.807) is 0 Å². The first kappa shape index (κ1) is 23.2. The second-order valence-electron chi connectivity index (χ2n) is 8.99. The van der Waals surface area contributed by atoms with Crippen molar-refractivity contribution < 1.29 is 28.0 Å². The normalized spacial score (nSPS) is 26.4.